The van der Waals surface area contributed by atoms with E-state index >= 15 is 0 Å². The number of rotatable bonds is 6. The van der Waals surface area contributed by atoms with E-state index in [1.54, 1.807) is 34.9 Å². The largest absolute Gasteiger partial charge is 0.468 e. The van der Waals surface area contributed by atoms with Crippen molar-refractivity contribution in [1.82, 2.24) is 4.57 Å². The van der Waals surface area contributed by atoms with Crippen LogP contribution in [0, 0.1) is 17.1 Å². The Morgan fingerprint density at radius 1 is 1.26 bits per heavy atom. The van der Waals surface area contributed by atoms with Gasteiger partial charge in [-0.2, -0.15) is 5.26 Å². The number of nitriles is 1. The van der Waals surface area contributed by atoms with E-state index in [1.165, 1.54) is 25.5 Å². The van der Waals surface area contributed by atoms with Crippen molar-refractivity contribution >= 4 is 21.0 Å². The molecule has 0 aliphatic heterocycles. The number of halogens is 1. The van der Waals surface area contributed by atoms with Gasteiger partial charge in [0.1, 0.15) is 17.6 Å². The molecule has 0 saturated heterocycles. The van der Waals surface area contributed by atoms with Crippen molar-refractivity contribution in [3.05, 3.63) is 59.5 Å². The Morgan fingerprint density at radius 3 is 2.56 bits per heavy atom. The van der Waals surface area contributed by atoms with Crippen LogP contribution in [-0.4, -0.2) is 28.9 Å². The second-order valence-electron chi connectivity index (χ2n) is 6.31. The number of ether oxygens (including phenoxy) is 2. The van der Waals surface area contributed by atoms with Gasteiger partial charge in [-0.1, -0.05) is 10.1 Å². The second-order valence-corrected chi connectivity index (χ2v) is 8.97. The molecule has 1 heterocycles. The number of nitrogens with zero attached hydrogens (tertiary/aromatic N) is 2. The van der Waals surface area contributed by atoms with E-state index in [-0.39, 0.29) is 18.4 Å². The molecule has 0 aliphatic rings. The summed E-state index contributed by atoms with van der Waals surface area (Å²) < 4.78 is 37.9. The molecule has 0 amide bonds. The maximum absolute atomic E-state index is 13.4. The van der Waals surface area contributed by atoms with Crippen molar-refractivity contribution in [2.24, 2.45) is 5.14 Å². The van der Waals surface area contributed by atoms with Crippen LogP contribution in [0.1, 0.15) is 11.3 Å². The van der Waals surface area contributed by atoms with Crippen LogP contribution in [0.5, 0.6) is 5.75 Å². The molecule has 8 heteroatoms. The lowest BCUT2D eigenvalue weighted by Crippen LogP contribution is -2.24. The molecule has 0 saturated carbocycles. The highest BCUT2D eigenvalue weighted by Crippen LogP contribution is 2.33. The molecule has 27 heavy (non-hydrogen) atoms. The highest BCUT2D eigenvalue weighted by atomic mass is 32.3. The predicted octanol–water partition coefficient (Wildman–Crippen LogP) is 2.64. The molecule has 2 aromatic carbocycles. The lowest BCUT2D eigenvalue weighted by Gasteiger charge is -2.16. The Kier molecular flexibility index (Phi) is 5.28. The molecular formula is C19H20FN3O3S. The maximum atomic E-state index is 13.4. The third-order valence-electron chi connectivity index (χ3n) is 4.04. The molecule has 6 nitrogen and oxygen atoms in total. The summed E-state index contributed by atoms with van der Waals surface area (Å²) in [5.41, 5.74) is 2.25. The number of methoxy groups -OCH3 is 1. The summed E-state index contributed by atoms with van der Waals surface area (Å²) in [6.07, 6.45) is 1.47. The van der Waals surface area contributed by atoms with Gasteiger partial charge in [0.25, 0.3) is 0 Å². The molecule has 0 spiro atoms. The molecule has 2 N–H and O–H groups in total. The Hall–Kier alpha value is -2.73. The van der Waals surface area contributed by atoms with Gasteiger partial charge in [-0.3, -0.25) is 9.35 Å². The highest BCUT2D eigenvalue weighted by molar-refractivity contribution is 7.99. The fourth-order valence-electron chi connectivity index (χ4n) is 3.00. The van der Waals surface area contributed by atoms with Gasteiger partial charge >= 0.3 is 0 Å². The summed E-state index contributed by atoms with van der Waals surface area (Å²) in [5, 5.41) is 16.2. The minimum Gasteiger partial charge on any atom is -0.468 e. The van der Waals surface area contributed by atoms with Gasteiger partial charge < -0.3 is 14.0 Å². The Morgan fingerprint density at radius 2 is 1.96 bits per heavy atom. The minimum atomic E-state index is -2.97. The topological polar surface area (TPSA) is 90.3 Å². The van der Waals surface area contributed by atoms with Crippen molar-refractivity contribution in [1.29, 1.82) is 5.26 Å². The van der Waals surface area contributed by atoms with Gasteiger partial charge in [-0.25, -0.2) is 4.39 Å². The van der Waals surface area contributed by atoms with Crippen LogP contribution >= 0.6 is 0 Å². The fourth-order valence-corrected chi connectivity index (χ4v) is 3.89. The fraction of sp³-hybridized carbons (Fsp3) is 0.211. The number of benzene rings is 2. The van der Waals surface area contributed by atoms with Crippen LogP contribution in [0.3, 0.4) is 0 Å². The quantitative estimate of drug-likeness (QED) is 0.501. The summed E-state index contributed by atoms with van der Waals surface area (Å²) in [6.45, 7) is 0.0753. The Bertz CT molecular complexity index is 1060. The first-order valence-electron chi connectivity index (χ1n) is 8.14. The molecule has 142 valence electrons. The zero-order valence-electron chi connectivity index (χ0n) is 15.0. The van der Waals surface area contributed by atoms with Crippen LogP contribution in [0.4, 0.5) is 4.39 Å². The van der Waals surface area contributed by atoms with E-state index in [0.717, 1.165) is 0 Å². The molecule has 0 unspecified atom stereocenters. The second kappa shape index (κ2) is 7.48. The van der Waals surface area contributed by atoms with E-state index < -0.39 is 10.1 Å². The average Bonchev–Trinajstić information content (AvgIpc) is 2.91. The molecule has 3 rings (SSSR count). The first-order valence-corrected chi connectivity index (χ1v) is 10.5. The first-order chi connectivity index (χ1) is 12.8. The van der Waals surface area contributed by atoms with E-state index in [0.29, 0.717) is 33.6 Å². The normalized spacial score (nSPS) is 12.1. The number of nitrogens with two attached hydrogens (primary N) is 1. The van der Waals surface area contributed by atoms with Gasteiger partial charge in [0, 0.05) is 24.4 Å². The third-order valence-corrected chi connectivity index (χ3v) is 4.97. The Balaban J connectivity index is 2.30. The molecular weight excluding hydrogens is 369 g/mol. The summed E-state index contributed by atoms with van der Waals surface area (Å²) in [4.78, 5) is 0. The Labute approximate surface area is 157 Å². The maximum Gasteiger partial charge on any atom is 0.188 e. The highest BCUT2D eigenvalue weighted by Gasteiger charge is 2.21. The lowest BCUT2D eigenvalue weighted by molar-refractivity contribution is 0.0512. The standard InChI is InChI=1S/C19H20FN3O3S/c1-25-12-26-15-7-8-18-16(9-15)17(10-21)19(11-27(2,22)24)23(18)14-5-3-13(20)4-6-14/h3-9,27H,11-12H2,1-2H3,(H2,22,24). The number of hydrogen-bond donors (Lipinski definition) is 2. The third kappa shape index (κ3) is 4.01. The van der Waals surface area contributed by atoms with Crippen LogP contribution in [-0.2, 0) is 20.6 Å². The molecule has 0 atom stereocenters. The van der Waals surface area contributed by atoms with E-state index in [2.05, 4.69) is 6.07 Å². The summed E-state index contributed by atoms with van der Waals surface area (Å²) in [5.74, 6) is 0.208. The minimum absolute atomic E-state index is 0.0379. The smallest absolute Gasteiger partial charge is 0.188 e. The molecule has 0 aliphatic carbocycles. The van der Waals surface area contributed by atoms with Crippen LogP contribution in [0.25, 0.3) is 16.6 Å². The summed E-state index contributed by atoms with van der Waals surface area (Å²) in [6, 6.07) is 13.3. The van der Waals surface area contributed by atoms with Crippen molar-refractivity contribution in [3.8, 4) is 17.5 Å². The molecule has 0 bridgehead atoms. The lowest BCUT2D eigenvalue weighted by atomic mass is 10.1. The first kappa shape index (κ1) is 19.0. The van der Waals surface area contributed by atoms with Crippen molar-refractivity contribution < 1.29 is 18.1 Å². The van der Waals surface area contributed by atoms with Gasteiger partial charge in [-0.05, 0) is 42.5 Å². The predicted molar refractivity (Wildman–Crippen MR) is 104 cm³/mol. The van der Waals surface area contributed by atoms with Gasteiger partial charge in [-0.15, -0.1) is 0 Å². The van der Waals surface area contributed by atoms with Gasteiger partial charge in [0.05, 0.1) is 22.5 Å². The van der Waals surface area contributed by atoms with Crippen LogP contribution in [0.2, 0.25) is 0 Å². The summed E-state index contributed by atoms with van der Waals surface area (Å²) in [7, 11) is -1.45. The van der Waals surface area contributed by atoms with Crippen molar-refractivity contribution in [2.45, 2.75) is 5.75 Å². The molecule has 1 aromatic heterocycles. The SMILES string of the molecule is COCOc1ccc2c(c1)c(C#N)c(C[SH](C)(N)=O)n2-c1ccc(F)cc1. The average molecular weight is 389 g/mol. The van der Waals surface area contributed by atoms with Crippen molar-refractivity contribution in [2.75, 3.05) is 20.2 Å². The van der Waals surface area contributed by atoms with Gasteiger partial charge in [0.15, 0.2) is 6.79 Å². The number of fused-ring (bicyclic) bond motifs is 1. The van der Waals surface area contributed by atoms with E-state index in [4.69, 9.17) is 14.6 Å². The van der Waals surface area contributed by atoms with Crippen molar-refractivity contribution in [3.63, 3.8) is 0 Å². The van der Waals surface area contributed by atoms with Crippen LogP contribution in [0.15, 0.2) is 42.5 Å². The zero-order valence-corrected chi connectivity index (χ0v) is 15.9. The summed E-state index contributed by atoms with van der Waals surface area (Å²) >= 11 is 0. The molecule has 3 aromatic rings. The molecule has 0 fully saturated rings. The van der Waals surface area contributed by atoms with Crippen LogP contribution < -0.4 is 9.88 Å². The number of aromatic nitrogens is 1. The van der Waals surface area contributed by atoms with E-state index in [1.807, 2.05) is 0 Å². The number of hydrogen-bond acceptors (Lipinski definition) is 4. The zero-order chi connectivity index (χ0) is 19.6. The molecule has 0 radical (unpaired) electrons. The van der Waals surface area contributed by atoms with Gasteiger partial charge in [0.2, 0.25) is 0 Å². The monoisotopic (exact) mass is 389 g/mol. The van der Waals surface area contributed by atoms with E-state index in [9.17, 15) is 13.9 Å². The number of thiol groups is 1.